The van der Waals surface area contributed by atoms with Gasteiger partial charge in [-0.3, -0.25) is 19.7 Å². The molecule has 0 spiro atoms. The van der Waals surface area contributed by atoms with Gasteiger partial charge in [-0.1, -0.05) is 0 Å². The molecule has 0 aliphatic rings. The van der Waals surface area contributed by atoms with Crippen LogP contribution in [0.1, 0.15) is 27.2 Å². The molecule has 1 amide bonds. The summed E-state index contributed by atoms with van der Waals surface area (Å²) in [5.74, 6) is -1.65. The van der Waals surface area contributed by atoms with E-state index in [1.54, 1.807) is 19.9 Å². The Kier molecular flexibility index (Phi) is 4.54. The second-order valence-electron chi connectivity index (χ2n) is 5.05. The normalized spacial score (nSPS) is 10.4. The third kappa shape index (κ3) is 3.60. The fourth-order valence-electron chi connectivity index (χ4n) is 2.17. The number of aromatic amines is 1. The van der Waals surface area contributed by atoms with Crippen LogP contribution in [0, 0.1) is 29.8 Å². The highest BCUT2D eigenvalue weighted by Crippen LogP contribution is 2.18. The predicted octanol–water partition coefficient (Wildman–Crippen LogP) is 1.97. The summed E-state index contributed by atoms with van der Waals surface area (Å²) in [5.41, 5.74) is 0.670. The summed E-state index contributed by atoms with van der Waals surface area (Å²) in [4.78, 5) is 36.3. The molecule has 2 rings (SSSR count). The Morgan fingerprint density at radius 3 is 2.65 bits per heavy atom. The molecule has 2 N–H and O–H groups in total. The fourth-order valence-corrected chi connectivity index (χ4v) is 2.17. The summed E-state index contributed by atoms with van der Waals surface area (Å²) in [7, 11) is 0. The van der Waals surface area contributed by atoms with Crippen molar-refractivity contribution in [3.05, 3.63) is 72.9 Å². The topological polar surface area (TPSA) is 105 Å². The number of nitro groups is 1. The largest absolute Gasteiger partial charge is 0.348 e. The van der Waals surface area contributed by atoms with Crippen LogP contribution in [0.2, 0.25) is 0 Å². The Hall–Kier alpha value is -3.03. The van der Waals surface area contributed by atoms with Gasteiger partial charge in [0.1, 0.15) is 0 Å². The molecule has 0 saturated heterocycles. The number of benzene rings is 1. The highest BCUT2D eigenvalue weighted by molar-refractivity contribution is 5.94. The van der Waals surface area contributed by atoms with Gasteiger partial charge in [0.2, 0.25) is 5.82 Å². The lowest BCUT2D eigenvalue weighted by Crippen LogP contribution is -2.28. The van der Waals surface area contributed by atoms with E-state index in [0.717, 1.165) is 23.8 Å². The Morgan fingerprint density at radius 2 is 2.04 bits per heavy atom. The maximum absolute atomic E-state index is 13.3. The van der Waals surface area contributed by atoms with Crippen LogP contribution >= 0.6 is 0 Å². The summed E-state index contributed by atoms with van der Waals surface area (Å²) in [5, 5.41) is 13.2. The number of pyridine rings is 1. The van der Waals surface area contributed by atoms with Gasteiger partial charge >= 0.3 is 5.69 Å². The molecule has 1 aromatic carbocycles. The molecule has 0 radical (unpaired) electrons. The highest BCUT2D eigenvalue weighted by atomic mass is 19.1. The maximum atomic E-state index is 13.3. The number of nitrogens with zero attached hydrogens (tertiary/aromatic N) is 1. The molecule has 8 heteroatoms. The third-order valence-corrected chi connectivity index (χ3v) is 3.32. The number of carbonyl (C=O) groups is 1. The van der Waals surface area contributed by atoms with Gasteiger partial charge in [-0.05, 0) is 37.6 Å². The van der Waals surface area contributed by atoms with Crippen LogP contribution < -0.4 is 10.9 Å². The smallest absolute Gasteiger partial charge is 0.305 e. The first-order valence-electron chi connectivity index (χ1n) is 6.71. The van der Waals surface area contributed by atoms with E-state index in [9.17, 15) is 24.1 Å². The summed E-state index contributed by atoms with van der Waals surface area (Å²) in [6, 6.07) is 4.63. The lowest BCUT2D eigenvalue weighted by molar-refractivity contribution is -0.387. The van der Waals surface area contributed by atoms with Crippen molar-refractivity contribution < 1.29 is 14.1 Å². The van der Waals surface area contributed by atoms with Gasteiger partial charge in [0.25, 0.3) is 11.5 Å². The van der Waals surface area contributed by atoms with E-state index in [0.29, 0.717) is 11.3 Å². The van der Waals surface area contributed by atoms with Crippen molar-refractivity contribution in [3.63, 3.8) is 0 Å². The molecule has 2 aromatic rings. The Morgan fingerprint density at radius 1 is 1.35 bits per heavy atom. The van der Waals surface area contributed by atoms with E-state index in [1.165, 1.54) is 0 Å². The first-order chi connectivity index (χ1) is 10.8. The molecule has 1 aromatic heterocycles. The lowest BCUT2D eigenvalue weighted by atomic mass is 10.1. The number of aromatic nitrogens is 1. The van der Waals surface area contributed by atoms with Crippen LogP contribution in [0.15, 0.2) is 29.1 Å². The van der Waals surface area contributed by atoms with Crippen molar-refractivity contribution in [3.8, 4) is 0 Å². The van der Waals surface area contributed by atoms with Crippen molar-refractivity contribution in [1.82, 2.24) is 10.3 Å². The van der Waals surface area contributed by atoms with Gasteiger partial charge in [0.05, 0.1) is 4.92 Å². The van der Waals surface area contributed by atoms with Crippen molar-refractivity contribution >= 4 is 11.6 Å². The number of carbonyl (C=O) groups excluding carboxylic acids is 1. The molecule has 23 heavy (non-hydrogen) atoms. The Bertz CT molecular complexity index is 845. The lowest BCUT2D eigenvalue weighted by Gasteiger charge is -2.08. The SMILES string of the molecule is Cc1cc(C)c(CNC(=O)c2ccc(F)c([N+](=O)[O-])c2)c(=O)[nH]1. The zero-order valence-corrected chi connectivity index (χ0v) is 12.5. The summed E-state index contributed by atoms with van der Waals surface area (Å²) in [6.45, 7) is 3.45. The van der Waals surface area contributed by atoms with E-state index in [-0.39, 0.29) is 17.7 Å². The zero-order valence-electron chi connectivity index (χ0n) is 12.5. The molecule has 0 unspecified atom stereocenters. The number of halogens is 1. The van der Waals surface area contributed by atoms with Crippen LogP contribution in [0.25, 0.3) is 0 Å². The van der Waals surface area contributed by atoms with E-state index in [4.69, 9.17) is 0 Å². The number of nitrogens with one attached hydrogen (secondary N) is 2. The standard InChI is InChI=1S/C15H14FN3O4/c1-8-5-9(2)18-15(21)11(8)7-17-14(20)10-3-4-12(16)13(6-10)19(22)23/h3-6H,7H2,1-2H3,(H,17,20)(H,18,21). The number of rotatable bonds is 4. The molecule has 0 bridgehead atoms. The van der Waals surface area contributed by atoms with Gasteiger partial charge in [0.15, 0.2) is 0 Å². The first-order valence-corrected chi connectivity index (χ1v) is 6.71. The molecule has 0 aliphatic carbocycles. The molecule has 7 nitrogen and oxygen atoms in total. The number of aryl methyl sites for hydroxylation is 2. The second-order valence-corrected chi connectivity index (χ2v) is 5.05. The predicted molar refractivity (Wildman–Crippen MR) is 80.8 cm³/mol. The van der Waals surface area contributed by atoms with Crippen LogP contribution in [0.5, 0.6) is 0 Å². The zero-order chi connectivity index (χ0) is 17.1. The van der Waals surface area contributed by atoms with E-state index in [2.05, 4.69) is 10.3 Å². The molecule has 0 aliphatic heterocycles. The molecule has 0 fully saturated rings. The van der Waals surface area contributed by atoms with Crippen molar-refractivity contribution in [2.24, 2.45) is 0 Å². The Balaban J connectivity index is 2.19. The number of nitro benzene ring substituents is 1. The van der Waals surface area contributed by atoms with Gasteiger partial charge in [-0.25, -0.2) is 0 Å². The van der Waals surface area contributed by atoms with Crippen LogP contribution in [-0.2, 0) is 6.54 Å². The molecular weight excluding hydrogens is 305 g/mol. The molecule has 0 atom stereocenters. The van der Waals surface area contributed by atoms with Gasteiger partial charge in [-0.2, -0.15) is 4.39 Å². The van der Waals surface area contributed by atoms with E-state index in [1.807, 2.05) is 0 Å². The van der Waals surface area contributed by atoms with Crippen LogP contribution in [0.4, 0.5) is 10.1 Å². The number of H-pyrrole nitrogens is 1. The van der Waals surface area contributed by atoms with Crippen molar-refractivity contribution in [2.75, 3.05) is 0 Å². The first kappa shape index (κ1) is 16.3. The van der Waals surface area contributed by atoms with Gasteiger partial charge in [-0.15, -0.1) is 0 Å². The minimum atomic E-state index is -1.02. The Labute approximate surface area is 130 Å². The summed E-state index contributed by atoms with van der Waals surface area (Å²) < 4.78 is 13.3. The average molecular weight is 319 g/mol. The minimum absolute atomic E-state index is 0.0363. The maximum Gasteiger partial charge on any atom is 0.305 e. The highest BCUT2D eigenvalue weighted by Gasteiger charge is 2.17. The number of hydrogen-bond donors (Lipinski definition) is 2. The number of amides is 1. The van der Waals surface area contributed by atoms with Crippen molar-refractivity contribution in [2.45, 2.75) is 20.4 Å². The average Bonchev–Trinajstić information content (AvgIpc) is 2.45. The van der Waals surface area contributed by atoms with Crippen LogP contribution in [0.3, 0.4) is 0 Å². The fraction of sp³-hybridized carbons (Fsp3) is 0.200. The molecular formula is C15H14FN3O4. The van der Waals surface area contributed by atoms with Gasteiger partial charge in [0, 0.05) is 29.4 Å². The third-order valence-electron chi connectivity index (χ3n) is 3.32. The van der Waals surface area contributed by atoms with E-state index < -0.39 is 22.3 Å². The summed E-state index contributed by atoms with van der Waals surface area (Å²) >= 11 is 0. The quantitative estimate of drug-likeness (QED) is 0.664. The minimum Gasteiger partial charge on any atom is -0.348 e. The molecule has 1 heterocycles. The van der Waals surface area contributed by atoms with Crippen molar-refractivity contribution in [1.29, 1.82) is 0 Å². The molecule has 120 valence electrons. The summed E-state index contributed by atoms with van der Waals surface area (Å²) in [6.07, 6.45) is 0. The number of hydrogen-bond acceptors (Lipinski definition) is 4. The van der Waals surface area contributed by atoms with Crippen LogP contribution in [-0.4, -0.2) is 15.8 Å². The second kappa shape index (κ2) is 6.39. The monoisotopic (exact) mass is 319 g/mol. The van der Waals surface area contributed by atoms with E-state index >= 15 is 0 Å². The van der Waals surface area contributed by atoms with Gasteiger partial charge < -0.3 is 10.3 Å². The molecule has 0 saturated carbocycles.